The van der Waals surface area contributed by atoms with E-state index in [0.29, 0.717) is 5.02 Å². The molecule has 1 atom stereocenters. The third-order valence-corrected chi connectivity index (χ3v) is 9.31. The number of halogens is 1. The Balaban J connectivity index is 1.49. The molecule has 0 saturated heterocycles. The van der Waals surface area contributed by atoms with Crippen molar-refractivity contribution in [1.29, 1.82) is 0 Å². The van der Waals surface area contributed by atoms with Crippen LogP contribution in [-0.4, -0.2) is 37.9 Å². The number of pyridine rings is 1. The van der Waals surface area contributed by atoms with Gasteiger partial charge in [-0.3, -0.25) is 14.5 Å². The smallest absolute Gasteiger partial charge is 0.311 e. The van der Waals surface area contributed by atoms with Gasteiger partial charge in [0, 0.05) is 46.5 Å². The van der Waals surface area contributed by atoms with E-state index in [2.05, 4.69) is 47.3 Å². The van der Waals surface area contributed by atoms with Crippen LogP contribution in [0.5, 0.6) is 0 Å². The third-order valence-electron chi connectivity index (χ3n) is 7.92. The molecular weight excluding hydrogens is 628 g/mol. The highest BCUT2D eigenvalue weighted by molar-refractivity contribution is 7.22. The van der Waals surface area contributed by atoms with Gasteiger partial charge < -0.3 is 9.47 Å². The summed E-state index contributed by atoms with van der Waals surface area (Å²) in [6, 6.07) is 18.4. The van der Waals surface area contributed by atoms with Gasteiger partial charge in [0.05, 0.1) is 32.9 Å². The summed E-state index contributed by atoms with van der Waals surface area (Å²) in [7, 11) is 1.94. The van der Waals surface area contributed by atoms with E-state index in [-0.39, 0.29) is 12.6 Å². The van der Waals surface area contributed by atoms with Crippen molar-refractivity contribution in [2.24, 2.45) is 12.5 Å². The van der Waals surface area contributed by atoms with Crippen molar-refractivity contribution in [2.75, 3.05) is 6.61 Å². The molecule has 1 unspecified atom stereocenters. The number of aromatic nitrogens is 4. The van der Waals surface area contributed by atoms with Crippen LogP contribution >= 0.6 is 22.9 Å². The van der Waals surface area contributed by atoms with E-state index in [4.69, 9.17) is 26.1 Å². The van der Waals surface area contributed by atoms with Gasteiger partial charge in [-0.1, -0.05) is 29.8 Å². The number of aryl methyl sites for hydroxylation is 2. The minimum atomic E-state index is -0.636. The minimum absolute atomic E-state index is 0.0826. The first-order valence-electron chi connectivity index (χ1n) is 15.6. The highest BCUT2D eigenvalue weighted by atomic mass is 35.5. The lowest BCUT2D eigenvalue weighted by molar-refractivity contribution is -0.162. The van der Waals surface area contributed by atoms with E-state index >= 15 is 0 Å². The molecule has 3 aromatic heterocycles. The van der Waals surface area contributed by atoms with Crippen LogP contribution in [0.4, 0.5) is 0 Å². The molecule has 242 valence electrons. The van der Waals surface area contributed by atoms with E-state index in [0.717, 1.165) is 65.1 Å². The Labute approximate surface area is 284 Å². The summed E-state index contributed by atoms with van der Waals surface area (Å²) in [6.07, 6.45) is 5.09. The normalized spacial score (nSPS) is 13.0. The number of benzene rings is 3. The summed E-state index contributed by atoms with van der Waals surface area (Å²) >= 11 is 7.96. The zero-order chi connectivity index (χ0) is 33.7. The molecule has 6 aromatic rings. The second kappa shape index (κ2) is 12.5. The predicted molar refractivity (Wildman–Crippen MR) is 192 cm³/mol. The first-order chi connectivity index (χ1) is 22.2. The summed E-state index contributed by atoms with van der Waals surface area (Å²) in [5.41, 5.74) is 7.74. The van der Waals surface area contributed by atoms with Gasteiger partial charge in [-0.15, -0.1) is 11.3 Å². The van der Waals surface area contributed by atoms with Gasteiger partial charge in [-0.25, -0.2) is 4.98 Å². The summed E-state index contributed by atoms with van der Waals surface area (Å²) in [5.74, 6) is -0.276. The number of hydrogen-bond acceptors (Lipinski definition) is 7. The SMILES string of the molecule is Cc1cc2nc(-c3cncc(-c4ccc5c(cnn5C)c4)c3)sc2c(-c2ccc(Cl)cc2)c1C(COC(=O)C(C)(C)C)OC(C)(C)C. The van der Waals surface area contributed by atoms with E-state index in [1.807, 2.05) is 96.1 Å². The van der Waals surface area contributed by atoms with Gasteiger partial charge >= 0.3 is 5.97 Å². The molecule has 0 saturated carbocycles. The number of carbonyl (C=O) groups excluding carboxylic acids is 1. The Kier molecular flexibility index (Phi) is 8.72. The predicted octanol–water partition coefficient (Wildman–Crippen LogP) is 9.99. The molecule has 47 heavy (non-hydrogen) atoms. The fraction of sp³-hybridized carbons (Fsp3) is 0.316. The molecule has 0 fully saturated rings. The molecule has 0 N–H and O–H groups in total. The summed E-state index contributed by atoms with van der Waals surface area (Å²) in [4.78, 5) is 22.6. The topological polar surface area (TPSA) is 79.1 Å². The highest BCUT2D eigenvalue weighted by Gasteiger charge is 2.31. The molecule has 0 bridgehead atoms. The molecule has 6 rings (SSSR count). The molecule has 0 aliphatic heterocycles. The number of nitrogens with zero attached hydrogens (tertiary/aromatic N) is 4. The maximum Gasteiger partial charge on any atom is 0.311 e. The standard InChI is InChI=1S/C38H39ClN4O3S/c1-22-15-29-34(47-35(42-29)27-17-25(18-40-19-27)24-11-14-30-26(16-24)20-41-43(30)8)33(23-9-12-28(39)13-10-23)32(22)31(46-38(5,6)7)21-45-36(44)37(2,3)4/h9-20,31H,21H2,1-8H3. The molecule has 3 aromatic carbocycles. The lowest BCUT2D eigenvalue weighted by Gasteiger charge is -2.31. The van der Waals surface area contributed by atoms with Crippen LogP contribution in [0.1, 0.15) is 58.8 Å². The molecule has 3 heterocycles. The Morgan fingerprint density at radius 2 is 1.62 bits per heavy atom. The molecule has 0 amide bonds. The third kappa shape index (κ3) is 6.96. The second-order valence-electron chi connectivity index (χ2n) is 13.9. The Morgan fingerprint density at radius 1 is 0.915 bits per heavy atom. The zero-order valence-corrected chi connectivity index (χ0v) is 29.6. The van der Waals surface area contributed by atoms with Crippen LogP contribution in [-0.2, 0) is 21.3 Å². The van der Waals surface area contributed by atoms with Crippen LogP contribution in [0.2, 0.25) is 5.02 Å². The fourth-order valence-corrected chi connectivity index (χ4v) is 6.91. The number of esters is 1. The van der Waals surface area contributed by atoms with E-state index in [9.17, 15) is 4.79 Å². The Bertz CT molecular complexity index is 2100. The maximum absolute atomic E-state index is 12.9. The lowest BCUT2D eigenvalue weighted by Crippen LogP contribution is -2.30. The van der Waals surface area contributed by atoms with Crippen molar-refractivity contribution in [2.45, 2.75) is 60.2 Å². The molecular formula is C38H39ClN4O3S. The maximum atomic E-state index is 12.9. The monoisotopic (exact) mass is 666 g/mol. The van der Waals surface area contributed by atoms with Crippen LogP contribution in [0.15, 0.2) is 73.2 Å². The van der Waals surface area contributed by atoms with Crippen molar-refractivity contribution in [3.8, 4) is 32.8 Å². The van der Waals surface area contributed by atoms with Gasteiger partial charge in [-0.2, -0.15) is 5.10 Å². The number of fused-ring (bicyclic) bond motifs is 2. The quantitative estimate of drug-likeness (QED) is 0.158. The van der Waals surface area contributed by atoms with Gasteiger partial charge in [-0.05, 0) is 107 Å². The zero-order valence-electron chi connectivity index (χ0n) is 28.0. The largest absolute Gasteiger partial charge is 0.462 e. The van der Waals surface area contributed by atoms with E-state index in [1.165, 1.54) is 0 Å². The van der Waals surface area contributed by atoms with E-state index in [1.54, 1.807) is 11.3 Å². The molecule has 0 radical (unpaired) electrons. The van der Waals surface area contributed by atoms with Crippen molar-refractivity contribution in [3.05, 3.63) is 89.3 Å². The van der Waals surface area contributed by atoms with Crippen LogP contribution in [0, 0.1) is 12.3 Å². The van der Waals surface area contributed by atoms with Crippen LogP contribution in [0.3, 0.4) is 0 Å². The number of carbonyl (C=O) groups is 1. The number of ether oxygens (including phenoxy) is 2. The number of thiazole rings is 1. The number of rotatable bonds is 7. The summed E-state index contributed by atoms with van der Waals surface area (Å²) in [5, 5.41) is 6.97. The second-order valence-corrected chi connectivity index (χ2v) is 15.4. The van der Waals surface area contributed by atoms with Crippen molar-refractivity contribution >= 4 is 50.0 Å². The minimum Gasteiger partial charge on any atom is -0.462 e. The van der Waals surface area contributed by atoms with Crippen LogP contribution < -0.4 is 0 Å². The lowest BCUT2D eigenvalue weighted by atomic mass is 9.91. The van der Waals surface area contributed by atoms with Crippen molar-refractivity contribution in [1.82, 2.24) is 19.7 Å². The molecule has 7 nitrogen and oxygen atoms in total. The van der Waals surface area contributed by atoms with Gasteiger partial charge in [0.25, 0.3) is 0 Å². The van der Waals surface area contributed by atoms with Crippen molar-refractivity contribution < 1.29 is 14.3 Å². The first kappa shape index (κ1) is 32.8. The molecule has 0 spiro atoms. The molecule has 9 heteroatoms. The molecule has 0 aliphatic rings. The Morgan fingerprint density at radius 3 is 2.32 bits per heavy atom. The van der Waals surface area contributed by atoms with Gasteiger partial charge in [0.1, 0.15) is 17.7 Å². The highest BCUT2D eigenvalue weighted by Crippen LogP contribution is 2.45. The number of hydrogen-bond donors (Lipinski definition) is 0. The fourth-order valence-electron chi connectivity index (χ4n) is 5.68. The molecule has 0 aliphatic carbocycles. The average molecular weight is 667 g/mol. The summed E-state index contributed by atoms with van der Waals surface area (Å²) < 4.78 is 15.4. The summed E-state index contributed by atoms with van der Waals surface area (Å²) in [6.45, 7) is 13.7. The average Bonchev–Trinajstić information content (AvgIpc) is 3.61. The Hall–Kier alpha value is -4.11. The van der Waals surface area contributed by atoms with Crippen LogP contribution in [0.25, 0.3) is 53.9 Å². The van der Waals surface area contributed by atoms with Gasteiger partial charge in [0.2, 0.25) is 0 Å². The van der Waals surface area contributed by atoms with E-state index < -0.39 is 17.1 Å². The van der Waals surface area contributed by atoms with Crippen molar-refractivity contribution in [3.63, 3.8) is 0 Å². The first-order valence-corrected chi connectivity index (χ1v) is 16.8. The van der Waals surface area contributed by atoms with Gasteiger partial charge in [0.15, 0.2) is 0 Å².